The van der Waals surface area contributed by atoms with Gasteiger partial charge in [-0.25, -0.2) is 4.79 Å². The third-order valence-corrected chi connectivity index (χ3v) is 2.49. The lowest BCUT2D eigenvalue weighted by molar-refractivity contribution is -0.134. The van der Waals surface area contributed by atoms with E-state index in [4.69, 9.17) is 0 Å². The minimum absolute atomic E-state index is 0.290. The molecular weight excluding hydrogens is 232 g/mol. The number of alkyl halides is 1. The topological polar surface area (TPSA) is 26.3 Å². The molecule has 0 aliphatic carbocycles. The van der Waals surface area contributed by atoms with Crippen LogP contribution in [0, 0.1) is 0 Å². The molecule has 0 bridgehead atoms. The Kier molecular flexibility index (Phi) is 8.10. The molecule has 0 saturated carbocycles. The minimum atomic E-state index is -0.292. The SMILES string of the molecule is CCCCCC(Br)C=CC(=O)OC. The number of ether oxygens (including phenoxy) is 1. The average molecular weight is 249 g/mol. The molecule has 3 heteroatoms. The summed E-state index contributed by atoms with van der Waals surface area (Å²) in [6.07, 6.45) is 8.03. The minimum Gasteiger partial charge on any atom is -0.466 e. The van der Waals surface area contributed by atoms with Gasteiger partial charge in [-0.3, -0.25) is 0 Å². The van der Waals surface area contributed by atoms with Crippen LogP contribution in [-0.4, -0.2) is 17.9 Å². The van der Waals surface area contributed by atoms with E-state index in [1.807, 2.05) is 6.08 Å². The molecule has 1 atom stereocenters. The van der Waals surface area contributed by atoms with Gasteiger partial charge in [-0.05, 0) is 6.42 Å². The van der Waals surface area contributed by atoms with Crippen molar-refractivity contribution in [3.63, 3.8) is 0 Å². The third-order valence-electron chi connectivity index (χ3n) is 1.73. The van der Waals surface area contributed by atoms with Crippen molar-refractivity contribution < 1.29 is 9.53 Å². The number of hydrogen-bond acceptors (Lipinski definition) is 2. The molecule has 0 radical (unpaired) electrons. The van der Waals surface area contributed by atoms with E-state index in [9.17, 15) is 4.79 Å². The van der Waals surface area contributed by atoms with E-state index in [1.54, 1.807) is 0 Å². The van der Waals surface area contributed by atoms with E-state index in [-0.39, 0.29) is 10.8 Å². The maximum atomic E-state index is 10.7. The highest BCUT2D eigenvalue weighted by Crippen LogP contribution is 2.12. The summed E-state index contributed by atoms with van der Waals surface area (Å²) in [5.41, 5.74) is 0. The highest BCUT2D eigenvalue weighted by molar-refractivity contribution is 9.09. The Morgan fingerprint density at radius 2 is 2.23 bits per heavy atom. The molecule has 0 spiro atoms. The van der Waals surface area contributed by atoms with Gasteiger partial charge in [-0.15, -0.1) is 0 Å². The summed E-state index contributed by atoms with van der Waals surface area (Å²) < 4.78 is 4.48. The highest BCUT2D eigenvalue weighted by atomic mass is 79.9. The Balaban J connectivity index is 3.54. The molecule has 0 saturated heterocycles. The number of hydrogen-bond donors (Lipinski definition) is 0. The van der Waals surface area contributed by atoms with Crippen molar-refractivity contribution in [1.82, 2.24) is 0 Å². The smallest absolute Gasteiger partial charge is 0.330 e. The van der Waals surface area contributed by atoms with Gasteiger partial charge in [0.2, 0.25) is 0 Å². The van der Waals surface area contributed by atoms with Crippen molar-refractivity contribution in [3.05, 3.63) is 12.2 Å². The fraction of sp³-hybridized carbons (Fsp3) is 0.700. The first kappa shape index (κ1) is 12.7. The second kappa shape index (κ2) is 8.30. The van der Waals surface area contributed by atoms with Crippen LogP contribution in [0.5, 0.6) is 0 Å². The summed E-state index contributed by atoms with van der Waals surface area (Å²) in [4.78, 5) is 11.0. The molecule has 0 heterocycles. The maximum Gasteiger partial charge on any atom is 0.330 e. The molecule has 0 aliphatic heterocycles. The molecule has 76 valence electrons. The average Bonchev–Trinajstić information content (AvgIpc) is 2.14. The highest BCUT2D eigenvalue weighted by Gasteiger charge is 1.99. The van der Waals surface area contributed by atoms with Crippen molar-refractivity contribution in [2.75, 3.05) is 7.11 Å². The molecule has 0 fully saturated rings. The zero-order valence-electron chi connectivity index (χ0n) is 8.25. The molecule has 0 aromatic heterocycles. The number of methoxy groups -OCH3 is 1. The Bertz CT molecular complexity index is 166. The number of unbranched alkanes of at least 4 members (excludes halogenated alkanes) is 2. The predicted octanol–water partition coefficient (Wildman–Crippen LogP) is 3.06. The molecule has 0 N–H and O–H groups in total. The fourth-order valence-corrected chi connectivity index (χ4v) is 1.41. The van der Waals surface area contributed by atoms with E-state index in [0.717, 1.165) is 6.42 Å². The second-order valence-electron chi connectivity index (χ2n) is 2.89. The summed E-state index contributed by atoms with van der Waals surface area (Å²) >= 11 is 3.47. The van der Waals surface area contributed by atoms with E-state index in [0.29, 0.717) is 0 Å². The molecule has 0 rings (SSSR count). The Hall–Kier alpha value is -0.310. The number of allylic oxidation sites excluding steroid dienone is 1. The van der Waals surface area contributed by atoms with Crippen molar-refractivity contribution in [2.24, 2.45) is 0 Å². The quantitative estimate of drug-likeness (QED) is 0.313. The van der Waals surface area contributed by atoms with E-state index < -0.39 is 0 Å². The third kappa shape index (κ3) is 8.03. The molecule has 0 aromatic rings. The van der Waals surface area contributed by atoms with Gasteiger partial charge in [0.1, 0.15) is 0 Å². The lowest BCUT2D eigenvalue weighted by atomic mass is 10.1. The molecule has 2 nitrogen and oxygen atoms in total. The summed E-state index contributed by atoms with van der Waals surface area (Å²) in [6, 6.07) is 0. The first-order valence-electron chi connectivity index (χ1n) is 4.61. The van der Waals surface area contributed by atoms with Gasteiger partial charge in [0.15, 0.2) is 0 Å². The first-order valence-corrected chi connectivity index (χ1v) is 5.52. The lowest BCUT2D eigenvalue weighted by Crippen LogP contribution is -1.98. The number of esters is 1. The monoisotopic (exact) mass is 248 g/mol. The number of carbonyl (C=O) groups excluding carboxylic acids is 1. The van der Waals surface area contributed by atoms with Gasteiger partial charge < -0.3 is 4.74 Å². The zero-order chi connectivity index (χ0) is 10.1. The number of halogens is 1. The van der Waals surface area contributed by atoms with Crippen LogP contribution in [-0.2, 0) is 9.53 Å². The fourth-order valence-electron chi connectivity index (χ4n) is 0.937. The lowest BCUT2D eigenvalue weighted by Gasteiger charge is -2.02. The van der Waals surface area contributed by atoms with Gasteiger partial charge in [0.25, 0.3) is 0 Å². The standard InChI is InChI=1S/C10H17BrO2/c1-3-4-5-6-9(11)7-8-10(12)13-2/h7-9H,3-6H2,1-2H3. The van der Waals surface area contributed by atoms with Crippen LogP contribution in [0.1, 0.15) is 32.6 Å². The van der Waals surface area contributed by atoms with Crippen LogP contribution in [0.25, 0.3) is 0 Å². The Morgan fingerprint density at radius 3 is 2.77 bits per heavy atom. The van der Waals surface area contributed by atoms with Crippen molar-refractivity contribution >= 4 is 21.9 Å². The maximum absolute atomic E-state index is 10.7. The van der Waals surface area contributed by atoms with Gasteiger partial charge in [-0.1, -0.05) is 48.2 Å². The van der Waals surface area contributed by atoms with Crippen molar-refractivity contribution in [3.8, 4) is 0 Å². The second-order valence-corrected chi connectivity index (χ2v) is 4.07. The van der Waals surface area contributed by atoms with E-state index >= 15 is 0 Å². The number of carbonyl (C=O) groups is 1. The van der Waals surface area contributed by atoms with Crippen LogP contribution < -0.4 is 0 Å². The first-order chi connectivity index (χ1) is 6.20. The normalized spacial score (nSPS) is 13.2. The van der Waals surface area contributed by atoms with Crippen molar-refractivity contribution in [2.45, 2.75) is 37.4 Å². The summed E-state index contributed by atoms with van der Waals surface area (Å²) in [5.74, 6) is -0.292. The van der Waals surface area contributed by atoms with Gasteiger partial charge in [0.05, 0.1) is 7.11 Å². The van der Waals surface area contributed by atoms with Crippen LogP contribution in [0.4, 0.5) is 0 Å². The molecule has 0 amide bonds. The molecular formula is C10H17BrO2. The van der Waals surface area contributed by atoms with E-state index in [1.165, 1.54) is 32.4 Å². The van der Waals surface area contributed by atoms with Crippen molar-refractivity contribution in [1.29, 1.82) is 0 Å². The Labute approximate surface area is 88.5 Å². The van der Waals surface area contributed by atoms with Crippen LogP contribution in [0.2, 0.25) is 0 Å². The number of rotatable bonds is 6. The molecule has 0 aliphatic rings. The summed E-state index contributed by atoms with van der Waals surface area (Å²) in [5, 5.41) is 0. The molecule has 1 unspecified atom stereocenters. The van der Waals surface area contributed by atoms with Crippen LogP contribution in [0.3, 0.4) is 0 Å². The van der Waals surface area contributed by atoms with E-state index in [2.05, 4.69) is 27.6 Å². The predicted molar refractivity (Wildman–Crippen MR) is 58.0 cm³/mol. The summed E-state index contributed by atoms with van der Waals surface area (Å²) in [7, 11) is 1.38. The largest absolute Gasteiger partial charge is 0.466 e. The van der Waals surface area contributed by atoms with Crippen LogP contribution in [0.15, 0.2) is 12.2 Å². The van der Waals surface area contributed by atoms with Gasteiger partial charge >= 0.3 is 5.97 Å². The van der Waals surface area contributed by atoms with Gasteiger partial charge in [0, 0.05) is 10.9 Å². The Morgan fingerprint density at radius 1 is 1.54 bits per heavy atom. The summed E-state index contributed by atoms with van der Waals surface area (Å²) in [6.45, 7) is 2.17. The molecule has 13 heavy (non-hydrogen) atoms. The zero-order valence-corrected chi connectivity index (χ0v) is 9.84. The van der Waals surface area contributed by atoms with Gasteiger partial charge in [-0.2, -0.15) is 0 Å². The van der Waals surface area contributed by atoms with Crippen LogP contribution >= 0.6 is 15.9 Å². The molecule has 0 aromatic carbocycles.